The third kappa shape index (κ3) is 7.39. The Morgan fingerprint density at radius 1 is 1.20 bits per heavy atom. The Morgan fingerprint density at radius 2 is 1.92 bits per heavy atom. The average molecular weight is 374 g/mol. The number of rotatable bonds is 13. The Hall–Kier alpha value is -1.68. The number of ether oxygens (including phenoxy) is 2. The molecular weight excluding hydrogens is 348 g/mol. The third-order valence-corrected chi connectivity index (χ3v) is 4.82. The number of carboxylic acid groups (broad SMARTS) is 1. The van der Waals surface area contributed by atoms with Gasteiger partial charge in [0.25, 0.3) is 0 Å². The number of carboxylic acids is 1. The summed E-state index contributed by atoms with van der Waals surface area (Å²) in [5, 5.41) is 12.1. The molecule has 8 nitrogen and oxygen atoms in total. The molecular formula is C16H26N2O6S. The third-order valence-electron chi connectivity index (χ3n) is 3.32. The van der Waals surface area contributed by atoms with Gasteiger partial charge in [-0.25, -0.2) is 17.9 Å². The fourth-order valence-corrected chi connectivity index (χ4v) is 3.35. The van der Waals surface area contributed by atoms with Gasteiger partial charge in [0.05, 0.1) is 11.3 Å². The average Bonchev–Trinajstić information content (AvgIpc) is 2.58. The highest BCUT2D eigenvalue weighted by Gasteiger charge is 2.20. The van der Waals surface area contributed by atoms with Crippen LogP contribution in [0.3, 0.4) is 0 Å². The largest absolute Gasteiger partial charge is 0.478 e. The number of methoxy groups -OCH3 is 1. The van der Waals surface area contributed by atoms with Crippen LogP contribution in [-0.4, -0.2) is 59.5 Å². The molecule has 9 heteroatoms. The van der Waals surface area contributed by atoms with Gasteiger partial charge >= 0.3 is 5.97 Å². The predicted octanol–water partition coefficient (Wildman–Crippen LogP) is 1.54. The second-order valence-electron chi connectivity index (χ2n) is 5.24. The maximum Gasteiger partial charge on any atom is 0.335 e. The molecule has 0 spiro atoms. The Balaban J connectivity index is 2.90. The zero-order chi connectivity index (χ0) is 18.7. The molecule has 0 aliphatic rings. The van der Waals surface area contributed by atoms with E-state index in [2.05, 4.69) is 10.0 Å². The summed E-state index contributed by atoms with van der Waals surface area (Å²) in [5.41, 5.74) is 0.276. The van der Waals surface area contributed by atoms with Crippen LogP contribution in [0.25, 0.3) is 0 Å². The summed E-state index contributed by atoms with van der Waals surface area (Å²) in [6.07, 6.45) is 1.22. The fraction of sp³-hybridized carbons (Fsp3) is 0.562. The highest BCUT2D eigenvalue weighted by atomic mass is 32.2. The Kier molecular flexibility index (Phi) is 9.43. The van der Waals surface area contributed by atoms with Crippen molar-refractivity contribution >= 4 is 21.7 Å². The molecule has 1 aromatic rings. The normalized spacial score (nSPS) is 11.4. The molecule has 3 N–H and O–H groups in total. The molecule has 0 aliphatic heterocycles. The van der Waals surface area contributed by atoms with Crippen molar-refractivity contribution in [2.45, 2.75) is 24.7 Å². The number of nitrogens with one attached hydrogen (secondary N) is 2. The van der Waals surface area contributed by atoms with Crippen molar-refractivity contribution in [1.29, 1.82) is 0 Å². The first-order valence-electron chi connectivity index (χ1n) is 8.10. The molecule has 25 heavy (non-hydrogen) atoms. The molecule has 142 valence electrons. The van der Waals surface area contributed by atoms with Crippen LogP contribution in [0.2, 0.25) is 0 Å². The molecule has 1 rings (SSSR count). The van der Waals surface area contributed by atoms with E-state index in [1.54, 1.807) is 0 Å². The SMILES string of the molecule is CCOCCCNc1ccc(C(=O)O)cc1S(=O)(=O)NCCCOC. The number of aromatic carboxylic acids is 1. The van der Waals surface area contributed by atoms with E-state index in [4.69, 9.17) is 14.6 Å². The number of hydrogen-bond donors (Lipinski definition) is 3. The van der Waals surface area contributed by atoms with E-state index in [0.29, 0.717) is 44.9 Å². The minimum absolute atomic E-state index is 0.0822. The van der Waals surface area contributed by atoms with Crippen LogP contribution in [0.4, 0.5) is 5.69 Å². The standard InChI is InChI=1S/C16H26N2O6S/c1-3-24-11-4-8-17-14-7-6-13(16(19)20)12-15(14)25(21,22)18-9-5-10-23-2/h6-7,12,17-18H,3-5,8-11H2,1-2H3,(H,19,20). The van der Waals surface area contributed by atoms with Crippen LogP contribution < -0.4 is 10.0 Å². The van der Waals surface area contributed by atoms with Crippen LogP contribution >= 0.6 is 0 Å². The second-order valence-corrected chi connectivity index (χ2v) is 6.97. The van der Waals surface area contributed by atoms with E-state index in [1.807, 2.05) is 6.92 Å². The zero-order valence-electron chi connectivity index (χ0n) is 14.6. The molecule has 0 fully saturated rings. The van der Waals surface area contributed by atoms with E-state index >= 15 is 0 Å². The van der Waals surface area contributed by atoms with Gasteiger partial charge in [0, 0.05) is 40.0 Å². The monoisotopic (exact) mass is 374 g/mol. The first-order valence-corrected chi connectivity index (χ1v) is 9.58. The summed E-state index contributed by atoms with van der Waals surface area (Å²) in [7, 11) is -2.30. The van der Waals surface area contributed by atoms with Crippen molar-refractivity contribution < 1.29 is 27.8 Å². The molecule has 0 saturated carbocycles. The molecule has 0 saturated heterocycles. The topological polar surface area (TPSA) is 114 Å². The molecule has 0 aromatic heterocycles. The summed E-state index contributed by atoms with van der Waals surface area (Å²) in [5.74, 6) is -1.18. The van der Waals surface area contributed by atoms with E-state index in [1.165, 1.54) is 19.2 Å². The maximum absolute atomic E-state index is 12.5. The van der Waals surface area contributed by atoms with Gasteiger partial charge in [0.1, 0.15) is 4.90 Å². The Morgan fingerprint density at radius 3 is 2.56 bits per heavy atom. The van der Waals surface area contributed by atoms with Crippen LogP contribution in [0, 0.1) is 0 Å². The van der Waals surface area contributed by atoms with Gasteiger partial charge in [-0.2, -0.15) is 0 Å². The van der Waals surface area contributed by atoms with Crippen molar-refractivity contribution in [3.8, 4) is 0 Å². The predicted molar refractivity (Wildman–Crippen MR) is 94.7 cm³/mol. The Labute approximate surface area is 148 Å². The van der Waals surface area contributed by atoms with E-state index in [9.17, 15) is 13.2 Å². The van der Waals surface area contributed by atoms with Gasteiger partial charge in [-0.05, 0) is 38.0 Å². The highest BCUT2D eigenvalue weighted by molar-refractivity contribution is 7.89. The summed E-state index contributed by atoms with van der Waals surface area (Å²) in [6, 6.07) is 4.00. The quantitative estimate of drug-likeness (QED) is 0.449. The lowest BCUT2D eigenvalue weighted by molar-refractivity contribution is 0.0696. The number of sulfonamides is 1. The first kappa shape index (κ1) is 21.4. The summed E-state index contributed by atoms with van der Waals surface area (Å²) < 4.78 is 37.6. The van der Waals surface area contributed by atoms with Crippen molar-refractivity contribution in [1.82, 2.24) is 4.72 Å². The molecule has 0 heterocycles. The molecule has 0 unspecified atom stereocenters. The lowest BCUT2D eigenvalue weighted by Crippen LogP contribution is -2.27. The number of benzene rings is 1. The molecule has 0 atom stereocenters. The minimum atomic E-state index is -3.84. The first-order chi connectivity index (χ1) is 11.9. The number of anilines is 1. The van der Waals surface area contributed by atoms with Gasteiger partial charge in [0.15, 0.2) is 0 Å². The Bertz CT molecular complexity index is 648. The van der Waals surface area contributed by atoms with E-state index in [-0.39, 0.29) is 17.0 Å². The van der Waals surface area contributed by atoms with Crippen LogP contribution in [0.1, 0.15) is 30.1 Å². The van der Waals surface area contributed by atoms with Gasteiger partial charge in [0.2, 0.25) is 10.0 Å². The molecule has 0 bridgehead atoms. The summed E-state index contributed by atoms with van der Waals surface area (Å²) >= 11 is 0. The van der Waals surface area contributed by atoms with E-state index in [0.717, 1.165) is 6.07 Å². The molecule has 1 aromatic carbocycles. The molecule has 0 amide bonds. The zero-order valence-corrected chi connectivity index (χ0v) is 15.4. The lowest BCUT2D eigenvalue weighted by atomic mass is 10.2. The van der Waals surface area contributed by atoms with Gasteiger partial charge in [-0.15, -0.1) is 0 Å². The number of carbonyl (C=O) groups is 1. The minimum Gasteiger partial charge on any atom is -0.478 e. The van der Waals surface area contributed by atoms with Crippen molar-refractivity contribution in [3.05, 3.63) is 23.8 Å². The second kappa shape index (κ2) is 11.0. The maximum atomic E-state index is 12.5. The van der Waals surface area contributed by atoms with Crippen LogP contribution in [0.5, 0.6) is 0 Å². The highest BCUT2D eigenvalue weighted by Crippen LogP contribution is 2.23. The van der Waals surface area contributed by atoms with Crippen molar-refractivity contribution in [3.63, 3.8) is 0 Å². The van der Waals surface area contributed by atoms with Gasteiger partial charge in [-0.3, -0.25) is 0 Å². The van der Waals surface area contributed by atoms with Crippen LogP contribution in [0.15, 0.2) is 23.1 Å². The summed E-state index contributed by atoms with van der Waals surface area (Å²) in [6.45, 7) is 4.24. The molecule has 0 radical (unpaired) electrons. The van der Waals surface area contributed by atoms with Crippen molar-refractivity contribution in [2.24, 2.45) is 0 Å². The smallest absolute Gasteiger partial charge is 0.335 e. The fourth-order valence-electron chi connectivity index (χ4n) is 2.07. The van der Waals surface area contributed by atoms with Gasteiger partial charge < -0.3 is 19.9 Å². The van der Waals surface area contributed by atoms with Crippen LogP contribution in [-0.2, 0) is 19.5 Å². The molecule has 0 aliphatic carbocycles. The lowest BCUT2D eigenvalue weighted by Gasteiger charge is -2.14. The van der Waals surface area contributed by atoms with Crippen molar-refractivity contribution in [2.75, 3.05) is 45.3 Å². The van der Waals surface area contributed by atoms with E-state index < -0.39 is 16.0 Å². The number of hydrogen-bond acceptors (Lipinski definition) is 6. The summed E-state index contributed by atoms with van der Waals surface area (Å²) in [4.78, 5) is 11.1. The van der Waals surface area contributed by atoms with Gasteiger partial charge in [-0.1, -0.05) is 0 Å².